The Kier molecular flexibility index (Phi) is 8.27. The molecular weight excluding hydrogens is 428 g/mol. The van der Waals surface area contributed by atoms with E-state index in [1.165, 1.54) is 24.6 Å². The molecule has 2 heterocycles. The van der Waals surface area contributed by atoms with Crippen molar-refractivity contribution in [3.8, 4) is 0 Å². The molecule has 13 heteroatoms. The molecule has 0 saturated carbocycles. The van der Waals surface area contributed by atoms with E-state index in [2.05, 4.69) is 10.1 Å². The molecule has 1 fully saturated rings. The lowest BCUT2D eigenvalue weighted by Crippen LogP contribution is -2.34. The molecule has 2 rings (SSSR count). The van der Waals surface area contributed by atoms with E-state index in [0.717, 1.165) is 0 Å². The number of aromatic nitrogens is 2. The number of halogens is 1. The smallest absolute Gasteiger partial charge is 0.323 e. The maximum absolute atomic E-state index is 14.6. The molecule has 0 bridgehead atoms. The molecule has 3 unspecified atom stereocenters. The molecule has 1 aromatic rings. The van der Waals surface area contributed by atoms with Crippen LogP contribution in [0.25, 0.3) is 0 Å². The number of carbonyl (C=O) groups excluding carboxylic acids is 1. The molecule has 29 heavy (non-hydrogen) atoms. The molecule has 0 aromatic carbocycles. The van der Waals surface area contributed by atoms with Crippen molar-refractivity contribution >= 4 is 26.4 Å². The van der Waals surface area contributed by atoms with Crippen LogP contribution in [0, 0.1) is 11.7 Å². The van der Waals surface area contributed by atoms with Crippen LogP contribution in [0.15, 0.2) is 11.0 Å². The fourth-order valence-electron chi connectivity index (χ4n) is 2.61. The number of rotatable bonds is 8. The van der Waals surface area contributed by atoms with Crippen LogP contribution in [0.1, 0.15) is 32.6 Å². The molecule has 10 nitrogen and oxygen atoms in total. The Morgan fingerprint density at radius 1 is 1.52 bits per heavy atom. The van der Waals surface area contributed by atoms with Crippen LogP contribution in [0.4, 0.5) is 4.39 Å². The maximum Gasteiger partial charge on any atom is 0.323 e. The van der Waals surface area contributed by atoms with E-state index in [4.69, 9.17) is 26.2 Å². The van der Waals surface area contributed by atoms with Crippen molar-refractivity contribution in [2.45, 2.75) is 64.4 Å². The number of hydrogen-bond donors (Lipinski definition) is 3. The first kappa shape index (κ1) is 23.8. The van der Waals surface area contributed by atoms with Crippen molar-refractivity contribution in [2.24, 2.45) is 0 Å². The van der Waals surface area contributed by atoms with E-state index in [1.54, 1.807) is 13.8 Å². The van der Waals surface area contributed by atoms with E-state index in [1.807, 2.05) is 0 Å². The highest BCUT2D eigenvalue weighted by Crippen LogP contribution is 2.33. The van der Waals surface area contributed by atoms with Gasteiger partial charge in [-0.05, 0) is 39.9 Å². The molecule has 0 spiro atoms. The zero-order chi connectivity index (χ0) is 21.9. The predicted octanol–water partition coefficient (Wildman–Crippen LogP) is 1.15. The second-order valence-corrected chi connectivity index (χ2v) is 8.47. The number of esters is 1. The Bertz CT molecular complexity index is 877. The first-order valence-electron chi connectivity index (χ1n) is 8.94. The van der Waals surface area contributed by atoms with Crippen LogP contribution >= 0.6 is 20.4 Å². The maximum atomic E-state index is 14.6. The SMILES string of the molecule is Cc1cn([C@H]2OC(CO[PH](=O)N[C@@H](C)C(=O)OC(C)C)[C@@H](O)C2F)c(=S)[nH]c1=O. The van der Waals surface area contributed by atoms with E-state index in [9.17, 15) is 23.7 Å². The Morgan fingerprint density at radius 3 is 2.79 bits per heavy atom. The van der Waals surface area contributed by atoms with Gasteiger partial charge in [0, 0.05) is 11.8 Å². The van der Waals surface area contributed by atoms with Crippen molar-refractivity contribution in [3.05, 3.63) is 26.9 Å². The van der Waals surface area contributed by atoms with Gasteiger partial charge in [0.25, 0.3) is 13.7 Å². The van der Waals surface area contributed by atoms with Crippen molar-refractivity contribution in [1.82, 2.24) is 14.6 Å². The quantitative estimate of drug-likeness (QED) is 0.301. The Hall–Kier alpha value is -1.43. The summed E-state index contributed by atoms with van der Waals surface area (Å²) in [5.41, 5.74) is -0.116. The molecular formula is C16H25FN3O7PS. The molecule has 1 saturated heterocycles. The summed E-state index contributed by atoms with van der Waals surface area (Å²) in [6, 6.07) is -0.873. The number of nitrogens with one attached hydrogen (secondary N) is 2. The van der Waals surface area contributed by atoms with Gasteiger partial charge in [0.05, 0.1) is 12.7 Å². The number of H-pyrrole nitrogens is 1. The van der Waals surface area contributed by atoms with E-state index in [-0.39, 0.29) is 17.5 Å². The standard InChI is InChI=1S/C16H25FN3O7PS/c1-7(2)26-15(23)9(4)19-28(24)25-6-10-12(21)11(17)14(27-10)20-5-8(3)13(22)18-16(20)29/h5,7,9-12,14,21,28H,6H2,1-4H3,(H,19,24)(H,18,22,29)/t9-,10?,11?,12+,14-/m0/s1. The van der Waals surface area contributed by atoms with Crippen molar-refractivity contribution in [1.29, 1.82) is 0 Å². The van der Waals surface area contributed by atoms with Gasteiger partial charge in [-0.2, -0.15) is 0 Å². The summed E-state index contributed by atoms with van der Waals surface area (Å²) in [6.45, 7) is 5.97. The molecule has 0 amide bonds. The predicted molar refractivity (Wildman–Crippen MR) is 104 cm³/mol. The van der Waals surface area contributed by atoms with Gasteiger partial charge in [0.2, 0.25) is 0 Å². The molecule has 6 atom stereocenters. The minimum absolute atomic E-state index is 0.0604. The molecule has 164 valence electrons. The fraction of sp³-hybridized carbons (Fsp3) is 0.688. The van der Waals surface area contributed by atoms with Gasteiger partial charge in [0.15, 0.2) is 17.2 Å². The van der Waals surface area contributed by atoms with E-state index in [0.29, 0.717) is 5.56 Å². The van der Waals surface area contributed by atoms with Gasteiger partial charge in [-0.1, -0.05) is 0 Å². The molecule has 1 aromatic heterocycles. The minimum atomic E-state index is -2.89. The number of nitrogens with zero attached hydrogens (tertiary/aromatic N) is 1. The zero-order valence-corrected chi connectivity index (χ0v) is 18.2. The topological polar surface area (TPSA) is 132 Å². The van der Waals surface area contributed by atoms with Crippen LogP contribution in [0.3, 0.4) is 0 Å². The van der Waals surface area contributed by atoms with E-state index >= 15 is 0 Å². The van der Waals surface area contributed by atoms with Crippen molar-refractivity contribution in [3.63, 3.8) is 0 Å². The number of hydrogen-bond acceptors (Lipinski definition) is 8. The van der Waals surface area contributed by atoms with Crippen LogP contribution in [0.5, 0.6) is 0 Å². The summed E-state index contributed by atoms with van der Waals surface area (Å²) in [7, 11) is -2.89. The summed E-state index contributed by atoms with van der Waals surface area (Å²) in [5.74, 6) is -0.592. The lowest BCUT2D eigenvalue weighted by Gasteiger charge is -2.18. The number of aliphatic hydroxyl groups is 1. The summed E-state index contributed by atoms with van der Waals surface area (Å²) in [6.07, 6.45) is -4.81. The lowest BCUT2D eigenvalue weighted by atomic mass is 10.1. The third kappa shape index (κ3) is 6.03. The number of alkyl halides is 1. The largest absolute Gasteiger partial charge is 0.462 e. The van der Waals surface area contributed by atoms with Crippen LogP contribution < -0.4 is 10.6 Å². The summed E-state index contributed by atoms with van der Waals surface area (Å²) in [5, 5.41) is 12.6. The Morgan fingerprint density at radius 2 is 2.17 bits per heavy atom. The third-order valence-electron chi connectivity index (χ3n) is 4.13. The number of aliphatic hydroxyl groups excluding tert-OH is 1. The zero-order valence-electron chi connectivity index (χ0n) is 16.4. The highest BCUT2D eigenvalue weighted by atomic mass is 32.1. The number of carbonyl (C=O) groups is 1. The average molecular weight is 453 g/mol. The average Bonchev–Trinajstić information content (AvgIpc) is 2.90. The Labute approximate surface area is 172 Å². The van der Waals surface area contributed by atoms with Gasteiger partial charge in [-0.15, -0.1) is 0 Å². The summed E-state index contributed by atoms with van der Waals surface area (Å²) in [4.78, 5) is 25.7. The van der Waals surface area contributed by atoms with Crippen molar-refractivity contribution < 1.29 is 32.9 Å². The number of aromatic amines is 1. The van der Waals surface area contributed by atoms with Crippen LogP contribution in [-0.4, -0.2) is 57.8 Å². The molecule has 0 aliphatic carbocycles. The highest BCUT2D eigenvalue weighted by Gasteiger charge is 2.45. The second-order valence-electron chi connectivity index (χ2n) is 6.93. The van der Waals surface area contributed by atoms with Gasteiger partial charge in [-0.25, -0.2) is 9.48 Å². The van der Waals surface area contributed by atoms with Gasteiger partial charge >= 0.3 is 5.97 Å². The molecule has 1 aliphatic rings. The highest BCUT2D eigenvalue weighted by molar-refractivity contribution is 7.71. The number of aryl methyl sites for hydroxylation is 1. The first-order valence-corrected chi connectivity index (χ1v) is 10.7. The normalized spacial score (nSPS) is 26.4. The second kappa shape index (κ2) is 10.1. The monoisotopic (exact) mass is 453 g/mol. The third-order valence-corrected chi connectivity index (χ3v) is 5.54. The van der Waals surface area contributed by atoms with Crippen LogP contribution in [0.2, 0.25) is 0 Å². The van der Waals surface area contributed by atoms with Gasteiger partial charge in [0.1, 0.15) is 18.2 Å². The van der Waals surface area contributed by atoms with Gasteiger partial charge in [-0.3, -0.25) is 23.7 Å². The van der Waals surface area contributed by atoms with Crippen molar-refractivity contribution in [2.75, 3.05) is 6.61 Å². The van der Waals surface area contributed by atoms with E-state index < -0.39 is 50.4 Å². The molecule has 1 aliphatic heterocycles. The molecule has 3 N–H and O–H groups in total. The van der Waals surface area contributed by atoms with Crippen LogP contribution in [-0.2, 0) is 23.4 Å². The summed E-state index contributed by atoms with van der Waals surface area (Å²) >= 11 is 5.02. The first-order chi connectivity index (χ1) is 13.5. The Balaban J connectivity index is 1.97. The molecule has 0 radical (unpaired) electrons. The number of ether oxygens (including phenoxy) is 2. The fourth-order valence-corrected chi connectivity index (χ4v) is 3.73. The lowest BCUT2D eigenvalue weighted by molar-refractivity contribution is -0.149. The minimum Gasteiger partial charge on any atom is -0.462 e. The summed E-state index contributed by atoms with van der Waals surface area (Å²) < 4.78 is 43.3. The van der Waals surface area contributed by atoms with Gasteiger partial charge < -0.3 is 19.1 Å².